The second-order valence-electron chi connectivity index (χ2n) is 2.69. The number of nitrogens with zero attached hydrogens (tertiary/aromatic N) is 1. The minimum atomic E-state index is 0.205. The Morgan fingerprint density at radius 2 is 2.25 bits per heavy atom. The summed E-state index contributed by atoms with van der Waals surface area (Å²) in [5.74, 6) is 5.64. The first-order valence-corrected chi connectivity index (χ1v) is 3.90. The Labute approximate surface area is 76.3 Å². The van der Waals surface area contributed by atoms with Crippen LogP contribution in [0, 0.1) is 0 Å². The van der Waals surface area contributed by atoms with Crippen LogP contribution < -0.4 is 5.84 Å². The maximum Gasteiger partial charge on any atom is 0.116 e. The third-order valence-electron chi connectivity index (χ3n) is 1.45. The Bertz CT molecular complexity index is 276. The Balaban J connectivity index is 2.90. The maximum absolute atomic E-state index is 9.13. The molecule has 1 aromatic rings. The van der Waals surface area contributed by atoms with Gasteiger partial charge in [0.15, 0.2) is 0 Å². The van der Waals surface area contributed by atoms with E-state index in [9.17, 15) is 0 Å². The quantitative estimate of drug-likeness (QED) is 0.542. The van der Waals surface area contributed by atoms with Crippen molar-refractivity contribution >= 4 is 11.6 Å². The lowest BCUT2D eigenvalue weighted by Gasteiger charge is -2.10. The molecule has 0 aliphatic rings. The SMILES string of the molecule is CN(N)Cc1cc(O)ccc1Cl. The van der Waals surface area contributed by atoms with Crippen molar-refractivity contribution in [2.24, 2.45) is 5.84 Å². The van der Waals surface area contributed by atoms with Crippen LogP contribution in [0.2, 0.25) is 5.02 Å². The topological polar surface area (TPSA) is 49.5 Å². The fourth-order valence-electron chi connectivity index (χ4n) is 0.951. The number of rotatable bonds is 2. The highest BCUT2D eigenvalue weighted by Gasteiger charge is 2.02. The van der Waals surface area contributed by atoms with Gasteiger partial charge in [0.2, 0.25) is 0 Å². The number of nitrogens with two attached hydrogens (primary N) is 1. The number of aromatic hydroxyl groups is 1. The van der Waals surface area contributed by atoms with Gasteiger partial charge in [0, 0.05) is 18.6 Å². The summed E-state index contributed by atoms with van der Waals surface area (Å²) in [4.78, 5) is 0. The Morgan fingerprint density at radius 1 is 1.58 bits per heavy atom. The van der Waals surface area contributed by atoms with Crippen LogP contribution in [-0.4, -0.2) is 17.2 Å². The molecule has 0 spiro atoms. The summed E-state index contributed by atoms with van der Waals surface area (Å²) < 4.78 is 0. The van der Waals surface area contributed by atoms with E-state index in [1.165, 1.54) is 5.01 Å². The predicted octanol–water partition coefficient (Wildman–Crippen LogP) is 1.35. The molecule has 0 atom stereocenters. The van der Waals surface area contributed by atoms with E-state index in [1.807, 2.05) is 0 Å². The molecule has 0 saturated heterocycles. The first-order valence-electron chi connectivity index (χ1n) is 3.53. The summed E-state index contributed by atoms with van der Waals surface area (Å²) in [5.41, 5.74) is 0.821. The van der Waals surface area contributed by atoms with Crippen LogP contribution in [0.1, 0.15) is 5.56 Å². The van der Waals surface area contributed by atoms with Crippen molar-refractivity contribution in [2.45, 2.75) is 6.54 Å². The van der Waals surface area contributed by atoms with E-state index in [1.54, 1.807) is 25.2 Å². The summed E-state index contributed by atoms with van der Waals surface area (Å²) >= 11 is 5.85. The largest absolute Gasteiger partial charge is 0.508 e. The van der Waals surface area contributed by atoms with Crippen LogP contribution in [0.3, 0.4) is 0 Å². The number of hydrazine groups is 1. The van der Waals surface area contributed by atoms with E-state index < -0.39 is 0 Å². The highest BCUT2D eigenvalue weighted by molar-refractivity contribution is 6.31. The lowest BCUT2D eigenvalue weighted by atomic mass is 10.2. The van der Waals surface area contributed by atoms with Crippen LogP contribution in [0.15, 0.2) is 18.2 Å². The zero-order valence-electron chi connectivity index (χ0n) is 6.79. The molecule has 0 bridgehead atoms. The van der Waals surface area contributed by atoms with Gasteiger partial charge in [-0.3, -0.25) is 5.84 Å². The molecule has 4 heteroatoms. The van der Waals surface area contributed by atoms with Crippen molar-refractivity contribution in [3.8, 4) is 5.75 Å². The van der Waals surface area contributed by atoms with Crippen molar-refractivity contribution in [1.82, 2.24) is 5.01 Å². The number of hydrogen-bond acceptors (Lipinski definition) is 3. The number of hydrogen-bond donors (Lipinski definition) is 2. The maximum atomic E-state index is 9.13. The van der Waals surface area contributed by atoms with Crippen molar-refractivity contribution in [1.29, 1.82) is 0 Å². The predicted molar refractivity (Wildman–Crippen MR) is 48.8 cm³/mol. The molecule has 0 heterocycles. The van der Waals surface area contributed by atoms with Crippen LogP contribution in [0.4, 0.5) is 0 Å². The normalized spacial score (nSPS) is 10.7. The second-order valence-corrected chi connectivity index (χ2v) is 3.10. The number of halogens is 1. The molecule has 1 aromatic carbocycles. The number of phenols is 1. The van der Waals surface area contributed by atoms with Crippen LogP contribution in [0.5, 0.6) is 5.75 Å². The lowest BCUT2D eigenvalue weighted by molar-refractivity contribution is 0.341. The van der Waals surface area contributed by atoms with E-state index in [0.29, 0.717) is 11.6 Å². The first-order chi connectivity index (χ1) is 5.59. The molecule has 12 heavy (non-hydrogen) atoms. The molecule has 3 nitrogen and oxygen atoms in total. The number of benzene rings is 1. The van der Waals surface area contributed by atoms with Crippen LogP contribution >= 0.6 is 11.6 Å². The molecule has 0 saturated carbocycles. The van der Waals surface area contributed by atoms with Gasteiger partial charge in [-0.05, 0) is 23.8 Å². The molecule has 3 N–H and O–H groups in total. The molecule has 0 aromatic heterocycles. The van der Waals surface area contributed by atoms with Crippen molar-refractivity contribution < 1.29 is 5.11 Å². The van der Waals surface area contributed by atoms with Crippen molar-refractivity contribution in [3.05, 3.63) is 28.8 Å². The third kappa shape index (κ3) is 2.37. The average molecular weight is 187 g/mol. The van der Waals surface area contributed by atoms with Gasteiger partial charge in [-0.25, -0.2) is 5.01 Å². The third-order valence-corrected chi connectivity index (χ3v) is 1.82. The lowest BCUT2D eigenvalue weighted by Crippen LogP contribution is -2.25. The fourth-order valence-corrected chi connectivity index (χ4v) is 1.13. The van der Waals surface area contributed by atoms with Gasteiger partial charge < -0.3 is 5.11 Å². The number of phenolic OH excluding ortho intramolecular Hbond substituents is 1. The van der Waals surface area contributed by atoms with Gasteiger partial charge in [-0.1, -0.05) is 11.6 Å². The van der Waals surface area contributed by atoms with E-state index in [-0.39, 0.29) is 5.75 Å². The van der Waals surface area contributed by atoms with Gasteiger partial charge in [0.1, 0.15) is 5.75 Å². The smallest absolute Gasteiger partial charge is 0.116 e. The van der Waals surface area contributed by atoms with Gasteiger partial charge in [0.05, 0.1) is 0 Å². The van der Waals surface area contributed by atoms with Crippen LogP contribution in [-0.2, 0) is 6.54 Å². The van der Waals surface area contributed by atoms with Crippen LogP contribution in [0.25, 0.3) is 0 Å². The fraction of sp³-hybridized carbons (Fsp3) is 0.250. The minimum absolute atomic E-state index is 0.205. The Hall–Kier alpha value is -0.770. The molecule has 0 aliphatic heterocycles. The standard InChI is InChI=1S/C8H11ClN2O/c1-11(10)5-6-4-7(12)2-3-8(6)9/h2-4,12H,5,10H2,1H3. The Kier molecular flexibility index (Phi) is 2.92. The molecular formula is C8H11ClN2O. The zero-order valence-corrected chi connectivity index (χ0v) is 7.54. The Morgan fingerprint density at radius 3 is 2.83 bits per heavy atom. The molecule has 0 amide bonds. The monoisotopic (exact) mass is 186 g/mol. The average Bonchev–Trinajstić information content (AvgIpc) is 1.96. The van der Waals surface area contributed by atoms with Crippen molar-refractivity contribution in [2.75, 3.05) is 7.05 Å². The summed E-state index contributed by atoms with van der Waals surface area (Å²) in [6.07, 6.45) is 0. The first kappa shape index (κ1) is 9.32. The van der Waals surface area contributed by atoms with E-state index in [4.69, 9.17) is 22.6 Å². The highest BCUT2D eigenvalue weighted by Crippen LogP contribution is 2.21. The highest BCUT2D eigenvalue weighted by atomic mass is 35.5. The van der Waals surface area contributed by atoms with E-state index >= 15 is 0 Å². The summed E-state index contributed by atoms with van der Waals surface area (Å²) in [7, 11) is 1.74. The van der Waals surface area contributed by atoms with E-state index in [0.717, 1.165) is 5.56 Å². The summed E-state index contributed by atoms with van der Waals surface area (Å²) in [6, 6.07) is 4.80. The molecular weight excluding hydrogens is 176 g/mol. The van der Waals surface area contributed by atoms with Gasteiger partial charge >= 0.3 is 0 Å². The molecule has 0 unspecified atom stereocenters. The molecule has 0 radical (unpaired) electrons. The van der Waals surface area contributed by atoms with Gasteiger partial charge in [-0.2, -0.15) is 0 Å². The summed E-state index contributed by atoms with van der Waals surface area (Å²) in [5, 5.41) is 11.2. The minimum Gasteiger partial charge on any atom is -0.508 e. The second kappa shape index (κ2) is 3.76. The van der Waals surface area contributed by atoms with Crippen molar-refractivity contribution in [3.63, 3.8) is 0 Å². The molecule has 1 rings (SSSR count). The summed E-state index contributed by atoms with van der Waals surface area (Å²) in [6.45, 7) is 0.521. The molecule has 0 fully saturated rings. The van der Waals surface area contributed by atoms with E-state index in [2.05, 4.69) is 0 Å². The molecule has 0 aliphatic carbocycles. The zero-order chi connectivity index (χ0) is 9.14. The van der Waals surface area contributed by atoms with Gasteiger partial charge in [-0.15, -0.1) is 0 Å². The van der Waals surface area contributed by atoms with Gasteiger partial charge in [0.25, 0.3) is 0 Å². The molecule has 66 valence electrons.